The molecular formula is C26H32F2N2O2. The molecule has 172 valence electrons. The highest BCUT2D eigenvalue weighted by Crippen LogP contribution is 2.38. The van der Waals surface area contributed by atoms with E-state index < -0.39 is 11.6 Å². The lowest BCUT2D eigenvalue weighted by atomic mass is 9.83. The third-order valence-corrected chi connectivity index (χ3v) is 6.56. The minimum Gasteiger partial charge on any atom is -0.448 e. The first-order valence-electron chi connectivity index (χ1n) is 11.6. The maximum absolute atomic E-state index is 13.9. The summed E-state index contributed by atoms with van der Waals surface area (Å²) in [7, 11) is 0. The molecule has 1 aliphatic carbocycles. The summed E-state index contributed by atoms with van der Waals surface area (Å²) in [5.41, 5.74) is 2.99. The number of aryl methyl sites for hydroxylation is 1. The van der Waals surface area contributed by atoms with Gasteiger partial charge in [-0.2, -0.15) is 0 Å². The molecule has 2 atom stereocenters. The predicted octanol–water partition coefficient (Wildman–Crippen LogP) is 6.11. The van der Waals surface area contributed by atoms with Crippen molar-refractivity contribution in [2.75, 3.05) is 13.2 Å². The van der Waals surface area contributed by atoms with Crippen LogP contribution in [-0.4, -0.2) is 25.3 Å². The van der Waals surface area contributed by atoms with Gasteiger partial charge in [-0.05, 0) is 74.4 Å². The third-order valence-electron chi connectivity index (χ3n) is 6.56. The minimum atomic E-state index is -0.529. The SMILES string of the molecule is Cc1ccc(C2CCCCC2)c(OC2=NC(CNC(C)c3cc(F)c(C)c(F)c3)CO2)c1. The van der Waals surface area contributed by atoms with Crippen LogP contribution in [0.1, 0.15) is 73.2 Å². The molecule has 2 aromatic rings. The second kappa shape index (κ2) is 9.99. The van der Waals surface area contributed by atoms with Crippen molar-refractivity contribution >= 4 is 6.08 Å². The normalized spacial score (nSPS) is 20.0. The maximum Gasteiger partial charge on any atom is 0.389 e. The van der Waals surface area contributed by atoms with Crippen LogP contribution < -0.4 is 10.1 Å². The van der Waals surface area contributed by atoms with E-state index in [-0.39, 0.29) is 17.6 Å². The molecule has 2 aromatic carbocycles. The molecular weight excluding hydrogens is 410 g/mol. The summed E-state index contributed by atoms with van der Waals surface area (Å²) in [5, 5.41) is 3.30. The molecule has 1 aliphatic heterocycles. The Kier molecular flexibility index (Phi) is 7.09. The Hall–Kier alpha value is -2.47. The van der Waals surface area contributed by atoms with Crippen LogP contribution in [0.5, 0.6) is 5.75 Å². The van der Waals surface area contributed by atoms with Gasteiger partial charge in [0.05, 0.1) is 0 Å². The van der Waals surface area contributed by atoms with Crippen LogP contribution in [0.25, 0.3) is 0 Å². The molecule has 1 heterocycles. The second-order valence-electron chi connectivity index (χ2n) is 9.08. The molecule has 0 amide bonds. The highest BCUT2D eigenvalue weighted by atomic mass is 19.1. The first kappa shape index (κ1) is 22.7. The van der Waals surface area contributed by atoms with Crippen LogP contribution >= 0.6 is 0 Å². The number of aliphatic imine (C=N–C) groups is 1. The minimum absolute atomic E-state index is 0.0419. The topological polar surface area (TPSA) is 42.8 Å². The Bertz CT molecular complexity index is 963. The van der Waals surface area contributed by atoms with Crippen LogP contribution in [0.3, 0.4) is 0 Å². The number of nitrogens with one attached hydrogen (secondary N) is 1. The Morgan fingerprint density at radius 3 is 2.53 bits per heavy atom. The van der Waals surface area contributed by atoms with Gasteiger partial charge in [0.1, 0.15) is 30.0 Å². The van der Waals surface area contributed by atoms with E-state index in [4.69, 9.17) is 9.47 Å². The zero-order valence-electron chi connectivity index (χ0n) is 19.1. The summed E-state index contributed by atoms with van der Waals surface area (Å²) >= 11 is 0. The zero-order valence-corrected chi connectivity index (χ0v) is 19.1. The van der Waals surface area contributed by atoms with Gasteiger partial charge >= 0.3 is 6.08 Å². The fourth-order valence-electron chi connectivity index (χ4n) is 4.47. The van der Waals surface area contributed by atoms with Gasteiger partial charge in [0.25, 0.3) is 0 Å². The number of benzene rings is 2. The average molecular weight is 443 g/mol. The van der Waals surface area contributed by atoms with Gasteiger partial charge in [0.15, 0.2) is 0 Å². The van der Waals surface area contributed by atoms with E-state index in [1.165, 1.54) is 56.7 Å². The zero-order chi connectivity index (χ0) is 22.7. The van der Waals surface area contributed by atoms with E-state index in [2.05, 4.69) is 35.4 Å². The van der Waals surface area contributed by atoms with Gasteiger partial charge in [-0.15, -0.1) is 0 Å². The summed E-state index contributed by atoms with van der Waals surface area (Å²) in [5.74, 6) is 0.301. The second-order valence-corrected chi connectivity index (χ2v) is 9.08. The van der Waals surface area contributed by atoms with Crippen molar-refractivity contribution in [3.8, 4) is 5.75 Å². The molecule has 1 N–H and O–H groups in total. The molecule has 1 saturated carbocycles. The molecule has 0 aromatic heterocycles. The molecule has 0 spiro atoms. The quantitative estimate of drug-likeness (QED) is 0.587. The fourth-order valence-corrected chi connectivity index (χ4v) is 4.47. The first-order chi connectivity index (χ1) is 15.4. The molecule has 1 fully saturated rings. The third kappa shape index (κ3) is 5.29. The van der Waals surface area contributed by atoms with E-state index >= 15 is 0 Å². The number of hydrogen-bond acceptors (Lipinski definition) is 4. The van der Waals surface area contributed by atoms with E-state index in [0.29, 0.717) is 30.7 Å². The number of rotatable bonds is 6. The van der Waals surface area contributed by atoms with Crippen molar-refractivity contribution in [1.82, 2.24) is 5.32 Å². The standard InChI is InChI=1S/C26H32F2N2O2/c1-16-9-10-22(19-7-5-4-6-8-19)25(11-16)32-26-30-21(15-31-26)14-29-18(3)20-12-23(27)17(2)24(28)13-20/h9-13,18-19,21,29H,4-8,14-15H2,1-3H3. The monoisotopic (exact) mass is 442 g/mol. The van der Waals surface area contributed by atoms with Crippen LogP contribution in [0.4, 0.5) is 8.78 Å². The highest BCUT2D eigenvalue weighted by molar-refractivity contribution is 5.72. The van der Waals surface area contributed by atoms with Crippen molar-refractivity contribution in [3.05, 3.63) is 64.2 Å². The summed E-state index contributed by atoms with van der Waals surface area (Å²) < 4.78 is 39.6. The van der Waals surface area contributed by atoms with Gasteiger partial charge in [0.2, 0.25) is 0 Å². The Labute approximate surface area is 189 Å². The van der Waals surface area contributed by atoms with Crippen molar-refractivity contribution in [2.45, 2.75) is 70.9 Å². The van der Waals surface area contributed by atoms with Crippen LogP contribution in [0.15, 0.2) is 35.3 Å². The van der Waals surface area contributed by atoms with Gasteiger partial charge in [0, 0.05) is 18.2 Å². The molecule has 32 heavy (non-hydrogen) atoms. The number of ether oxygens (including phenoxy) is 2. The summed E-state index contributed by atoms with van der Waals surface area (Å²) in [4.78, 5) is 4.58. The predicted molar refractivity (Wildman–Crippen MR) is 122 cm³/mol. The van der Waals surface area contributed by atoms with E-state index in [1.807, 2.05) is 6.92 Å². The lowest BCUT2D eigenvalue weighted by molar-refractivity contribution is 0.254. The lowest BCUT2D eigenvalue weighted by Gasteiger charge is -2.24. The Morgan fingerprint density at radius 2 is 1.81 bits per heavy atom. The average Bonchev–Trinajstić information content (AvgIpc) is 3.23. The molecule has 2 aliphatic rings. The van der Waals surface area contributed by atoms with Crippen molar-refractivity contribution in [3.63, 3.8) is 0 Å². The van der Waals surface area contributed by atoms with E-state index in [0.717, 1.165) is 11.3 Å². The molecule has 4 nitrogen and oxygen atoms in total. The Morgan fingerprint density at radius 1 is 1.09 bits per heavy atom. The van der Waals surface area contributed by atoms with E-state index in [1.54, 1.807) is 0 Å². The molecule has 4 rings (SSSR count). The number of nitrogens with zero attached hydrogens (tertiary/aromatic N) is 1. The smallest absolute Gasteiger partial charge is 0.389 e. The number of halogens is 2. The maximum atomic E-state index is 13.9. The van der Waals surface area contributed by atoms with Crippen LogP contribution in [-0.2, 0) is 4.74 Å². The largest absolute Gasteiger partial charge is 0.448 e. The first-order valence-corrected chi connectivity index (χ1v) is 11.6. The van der Waals surface area contributed by atoms with Crippen molar-refractivity contribution < 1.29 is 18.3 Å². The Balaban J connectivity index is 1.38. The van der Waals surface area contributed by atoms with Crippen molar-refractivity contribution in [2.24, 2.45) is 4.99 Å². The van der Waals surface area contributed by atoms with Gasteiger partial charge in [-0.1, -0.05) is 31.4 Å². The summed E-state index contributed by atoms with van der Waals surface area (Å²) in [6.07, 6.45) is 6.50. The molecule has 0 bridgehead atoms. The molecule has 0 saturated heterocycles. The van der Waals surface area contributed by atoms with Crippen LogP contribution in [0.2, 0.25) is 0 Å². The summed E-state index contributed by atoms with van der Waals surface area (Å²) in [6, 6.07) is 8.80. The molecule has 6 heteroatoms. The van der Waals surface area contributed by atoms with E-state index in [9.17, 15) is 8.78 Å². The van der Waals surface area contributed by atoms with Gasteiger partial charge in [-0.3, -0.25) is 0 Å². The number of hydrogen-bond donors (Lipinski definition) is 1. The van der Waals surface area contributed by atoms with Gasteiger partial charge in [-0.25, -0.2) is 13.8 Å². The van der Waals surface area contributed by atoms with Crippen molar-refractivity contribution in [1.29, 1.82) is 0 Å². The molecule has 0 radical (unpaired) electrons. The van der Waals surface area contributed by atoms with Gasteiger partial charge < -0.3 is 14.8 Å². The van der Waals surface area contributed by atoms with Crippen LogP contribution in [0, 0.1) is 25.5 Å². The lowest BCUT2D eigenvalue weighted by Crippen LogP contribution is -2.29. The fraction of sp³-hybridized carbons (Fsp3) is 0.500. The summed E-state index contributed by atoms with van der Waals surface area (Å²) in [6.45, 7) is 6.31. The highest BCUT2D eigenvalue weighted by Gasteiger charge is 2.25. The molecule has 2 unspecified atom stereocenters.